The molecule has 1 spiro atoms. The number of phenols is 1. The lowest BCUT2D eigenvalue weighted by atomic mass is 9.42. The van der Waals surface area contributed by atoms with Crippen LogP contribution in [-0.2, 0) is 20.7 Å². The smallest absolute Gasteiger partial charge is 0.333 e. The van der Waals surface area contributed by atoms with Gasteiger partial charge in [-0.2, -0.15) is 0 Å². The summed E-state index contributed by atoms with van der Waals surface area (Å²) in [5.41, 5.74) is 2.29. The number of aliphatic imine (C=N–C) groups is 1. The van der Waals surface area contributed by atoms with E-state index in [9.17, 15) is 19.8 Å². The zero-order valence-corrected chi connectivity index (χ0v) is 34.4. The van der Waals surface area contributed by atoms with Gasteiger partial charge in [0.15, 0.2) is 22.8 Å². The molecule has 2 aromatic carbocycles. The van der Waals surface area contributed by atoms with Crippen molar-refractivity contribution in [3.05, 3.63) is 98.7 Å². The van der Waals surface area contributed by atoms with E-state index in [1.165, 1.54) is 12.7 Å². The van der Waals surface area contributed by atoms with Gasteiger partial charge in [-0.1, -0.05) is 67.5 Å². The van der Waals surface area contributed by atoms with Gasteiger partial charge in [0, 0.05) is 52.0 Å². The first-order valence-electron chi connectivity index (χ1n) is 20.2. The fourth-order valence-electron chi connectivity index (χ4n) is 10.6. The molecule has 0 saturated heterocycles. The number of aliphatic hydroxyl groups is 1. The first-order chi connectivity index (χ1) is 27.0. The number of esters is 1. The Hall–Kier alpha value is -5.02. The molecule has 3 aliphatic heterocycles. The number of carbonyl (C=O) groups excluding carboxylic acids is 3. The SMILES string of the molecule is COC(=O)/C(C)=C\CC1(O)C(=O)C2CC(C(C)C)C13Oc1c(CC=C(C)C)c4c(c(O)c1C1=C3C2C2C(=O)c3ccccc3C2=N1)C=CC(C)(CCC=C(C)C)O4. The maximum absolute atomic E-state index is 15.2. The van der Waals surface area contributed by atoms with E-state index in [0.717, 1.165) is 12.0 Å². The van der Waals surface area contributed by atoms with E-state index in [-0.39, 0.29) is 29.4 Å². The van der Waals surface area contributed by atoms with Gasteiger partial charge in [-0.25, -0.2) is 4.79 Å². The third kappa shape index (κ3) is 5.51. The minimum atomic E-state index is -2.17. The fourth-order valence-corrected chi connectivity index (χ4v) is 10.6. The molecule has 0 aromatic heterocycles. The standard InChI is InChI=1S/C48H53NO8/c1-24(2)13-12-20-46(8)21-19-30-41(51)36-39-37-34(35-38(49-39)28-14-10-11-15-29(28)40(35)50)32-23-33(26(5)6)48(37,47(54,44(32)52)22-18-27(7)45(53)55-9)57-43(36)31(42(30)56-46)17-16-25(3)4/h10-11,13-16,18-19,21,26,32-35,51,54H,12,17,20,22-23H2,1-9H3/b27-18-. The molecule has 7 unspecified atom stereocenters. The fraction of sp³-hybridized carbons (Fsp3) is 0.458. The molecule has 3 fully saturated rings. The number of allylic oxidation sites excluding steroid dienone is 4. The normalized spacial score (nSPS) is 30.0. The number of ketones is 2. The lowest BCUT2D eigenvalue weighted by Gasteiger charge is -2.66. The van der Waals surface area contributed by atoms with Crippen LogP contribution < -0.4 is 9.47 Å². The van der Waals surface area contributed by atoms with Crippen molar-refractivity contribution in [1.82, 2.24) is 0 Å². The summed E-state index contributed by atoms with van der Waals surface area (Å²) in [5.74, 6) is -3.10. The van der Waals surface area contributed by atoms with Gasteiger partial charge in [0.05, 0.1) is 35.6 Å². The molecule has 2 bridgehead atoms. The summed E-state index contributed by atoms with van der Waals surface area (Å²) in [5, 5.41) is 26.0. The van der Waals surface area contributed by atoms with Crippen molar-refractivity contribution in [2.45, 2.75) is 104 Å². The number of hydrogen-bond donors (Lipinski definition) is 2. The van der Waals surface area contributed by atoms with E-state index >= 15 is 4.79 Å². The molecule has 57 heavy (non-hydrogen) atoms. The summed E-state index contributed by atoms with van der Waals surface area (Å²) in [7, 11) is 1.29. The highest BCUT2D eigenvalue weighted by atomic mass is 16.5. The van der Waals surface area contributed by atoms with Crippen LogP contribution in [0.5, 0.6) is 17.2 Å². The van der Waals surface area contributed by atoms with E-state index in [1.807, 2.05) is 51.1 Å². The van der Waals surface area contributed by atoms with Gasteiger partial charge in [0.1, 0.15) is 22.8 Å². The Morgan fingerprint density at radius 1 is 1.02 bits per heavy atom. The predicted octanol–water partition coefficient (Wildman–Crippen LogP) is 8.70. The Balaban J connectivity index is 1.46. The minimum absolute atomic E-state index is 0.0705. The van der Waals surface area contributed by atoms with Crippen LogP contribution in [0.15, 0.2) is 75.9 Å². The zero-order valence-electron chi connectivity index (χ0n) is 34.4. The first-order valence-corrected chi connectivity index (χ1v) is 20.2. The molecule has 298 valence electrons. The number of methoxy groups -OCH3 is 1. The van der Waals surface area contributed by atoms with Crippen molar-refractivity contribution in [2.24, 2.45) is 34.6 Å². The van der Waals surface area contributed by atoms with Crippen LogP contribution in [0.3, 0.4) is 0 Å². The van der Waals surface area contributed by atoms with Gasteiger partial charge >= 0.3 is 5.97 Å². The molecule has 9 nitrogen and oxygen atoms in total. The summed E-state index contributed by atoms with van der Waals surface area (Å²) >= 11 is 0. The summed E-state index contributed by atoms with van der Waals surface area (Å²) in [6, 6.07) is 7.40. The van der Waals surface area contributed by atoms with E-state index < -0.39 is 52.2 Å². The number of rotatable bonds is 9. The van der Waals surface area contributed by atoms with Gasteiger partial charge < -0.3 is 24.4 Å². The predicted molar refractivity (Wildman–Crippen MR) is 219 cm³/mol. The van der Waals surface area contributed by atoms with Crippen molar-refractivity contribution in [1.29, 1.82) is 0 Å². The van der Waals surface area contributed by atoms with Crippen LogP contribution in [0, 0.1) is 29.6 Å². The van der Waals surface area contributed by atoms with Crippen molar-refractivity contribution in [3.63, 3.8) is 0 Å². The molecule has 7 aliphatic rings. The average Bonchev–Trinajstić information content (AvgIpc) is 3.45. The van der Waals surface area contributed by atoms with Crippen molar-refractivity contribution in [3.8, 4) is 17.2 Å². The molecule has 4 aliphatic carbocycles. The highest BCUT2D eigenvalue weighted by Gasteiger charge is 2.77. The molecule has 3 heterocycles. The number of aromatic hydroxyl groups is 1. The van der Waals surface area contributed by atoms with E-state index in [1.54, 1.807) is 19.1 Å². The molecule has 2 aromatic rings. The Morgan fingerprint density at radius 2 is 1.72 bits per heavy atom. The Labute approximate surface area is 334 Å². The second-order valence-corrected chi connectivity index (χ2v) is 17.8. The van der Waals surface area contributed by atoms with Crippen molar-refractivity contribution in [2.75, 3.05) is 7.11 Å². The van der Waals surface area contributed by atoms with Crippen LogP contribution in [0.4, 0.5) is 0 Å². The van der Waals surface area contributed by atoms with Crippen molar-refractivity contribution >= 4 is 35.0 Å². The lowest BCUT2D eigenvalue weighted by Crippen LogP contribution is -2.79. The molecular weight excluding hydrogens is 719 g/mol. The summed E-state index contributed by atoms with van der Waals surface area (Å²) < 4.78 is 19.5. The zero-order chi connectivity index (χ0) is 40.9. The number of carbonyl (C=O) groups is 3. The highest BCUT2D eigenvalue weighted by Crippen LogP contribution is 2.70. The first kappa shape index (κ1) is 38.8. The Kier molecular flexibility index (Phi) is 9.23. The quantitative estimate of drug-likeness (QED) is 0.147. The van der Waals surface area contributed by atoms with E-state index in [2.05, 4.69) is 39.8 Å². The molecule has 0 amide bonds. The summed E-state index contributed by atoms with van der Waals surface area (Å²) in [4.78, 5) is 47.8. The number of phenolic OH excluding ortho intramolecular Hbond substituents is 1. The van der Waals surface area contributed by atoms with Crippen LogP contribution in [0.1, 0.15) is 114 Å². The van der Waals surface area contributed by atoms with Gasteiger partial charge in [0.2, 0.25) is 0 Å². The second kappa shape index (κ2) is 13.5. The topological polar surface area (TPSA) is 132 Å². The van der Waals surface area contributed by atoms with Gasteiger partial charge in [0.25, 0.3) is 0 Å². The second-order valence-electron chi connectivity index (χ2n) is 17.8. The van der Waals surface area contributed by atoms with Gasteiger partial charge in [-0.3, -0.25) is 14.6 Å². The lowest BCUT2D eigenvalue weighted by molar-refractivity contribution is -0.212. The van der Waals surface area contributed by atoms with Gasteiger partial charge in [-0.05, 0) is 85.3 Å². The molecule has 9 rings (SSSR count). The largest absolute Gasteiger partial charge is 0.506 e. The summed E-state index contributed by atoms with van der Waals surface area (Å²) in [6.45, 7) is 15.9. The summed E-state index contributed by atoms with van der Waals surface area (Å²) in [6.07, 6.45) is 11.7. The van der Waals surface area contributed by atoms with Crippen molar-refractivity contribution < 1.29 is 38.8 Å². The van der Waals surface area contributed by atoms with E-state index in [4.69, 9.17) is 19.2 Å². The molecule has 7 atom stereocenters. The Morgan fingerprint density at radius 3 is 2.39 bits per heavy atom. The van der Waals surface area contributed by atoms with Crippen LogP contribution in [0.2, 0.25) is 0 Å². The number of nitrogens with zero attached hydrogens (tertiary/aromatic N) is 1. The molecule has 2 N–H and O–H groups in total. The average molecular weight is 772 g/mol. The molecule has 3 saturated carbocycles. The molecule has 0 radical (unpaired) electrons. The van der Waals surface area contributed by atoms with Gasteiger partial charge in [-0.15, -0.1) is 0 Å². The van der Waals surface area contributed by atoms with Crippen LogP contribution in [-0.4, -0.2) is 57.4 Å². The number of Topliss-reactive ketones (excluding diaryl/α,β-unsaturated/α-hetero) is 2. The number of ether oxygens (including phenoxy) is 3. The minimum Gasteiger partial charge on any atom is -0.506 e. The molecule has 9 heteroatoms. The van der Waals surface area contributed by atoms with Crippen LogP contribution in [0.25, 0.3) is 11.8 Å². The van der Waals surface area contributed by atoms with Crippen LogP contribution >= 0.6 is 0 Å². The van der Waals surface area contributed by atoms with E-state index in [0.29, 0.717) is 75.6 Å². The maximum atomic E-state index is 15.2. The number of fused-ring (bicyclic) bond motifs is 8. The number of benzene rings is 2. The maximum Gasteiger partial charge on any atom is 0.333 e. The number of hydrogen-bond acceptors (Lipinski definition) is 9. The molecular formula is C48H53NO8. The highest BCUT2D eigenvalue weighted by molar-refractivity contribution is 6.30. The third-order valence-corrected chi connectivity index (χ3v) is 13.3. The third-order valence-electron chi connectivity index (χ3n) is 13.3. The monoisotopic (exact) mass is 771 g/mol. The Bertz CT molecular complexity index is 2330.